The van der Waals surface area contributed by atoms with Crippen molar-refractivity contribution in [3.63, 3.8) is 0 Å². The molecule has 0 bridgehead atoms. The molecule has 1 aliphatic heterocycles. The zero-order chi connectivity index (χ0) is 14.4. The van der Waals surface area contributed by atoms with Crippen LogP contribution < -0.4 is 5.32 Å². The van der Waals surface area contributed by atoms with Crippen molar-refractivity contribution in [3.05, 3.63) is 0 Å². The average molecular weight is 299 g/mol. The van der Waals surface area contributed by atoms with Crippen LogP contribution in [-0.4, -0.2) is 48.1 Å². The van der Waals surface area contributed by atoms with E-state index in [0.717, 1.165) is 17.2 Å². The van der Waals surface area contributed by atoms with Crippen LogP contribution in [0.5, 0.6) is 0 Å². The minimum atomic E-state index is 0.712. The predicted molar refractivity (Wildman–Crippen MR) is 91.6 cm³/mol. The second kappa shape index (κ2) is 8.65. The van der Waals surface area contributed by atoms with Gasteiger partial charge in [-0.15, -0.1) is 0 Å². The van der Waals surface area contributed by atoms with Crippen LogP contribution in [0.3, 0.4) is 0 Å². The monoisotopic (exact) mass is 298 g/mol. The highest BCUT2D eigenvalue weighted by molar-refractivity contribution is 7.99. The Morgan fingerprint density at radius 2 is 1.95 bits per heavy atom. The van der Waals surface area contributed by atoms with Gasteiger partial charge >= 0.3 is 0 Å². The smallest absolute Gasteiger partial charge is 0.00801 e. The third-order valence-corrected chi connectivity index (χ3v) is 6.43. The van der Waals surface area contributed by atoms with E-state index in [4.69, 9.17) is 0 Å². The molecule has 2 rings (SSSR count). The molecular weight excluding hydrogens is 264 g/mol. The summed E-state index contributed by atoms with van der Waals surface area (Å²) in [5.74, 6) is 0.901. The predicted octanol–water partition coefficient (Wildman–Crippen LogP) is 3.76. The van der Waals surface area contributed by atoms with Crippen LogP contribution in [0.4, 0.5) is 0 Å². The molecule has 3 heteroatoms. The summed E-state index contributed by atoms with van der Waals surface area (Å²) < 4.78 is 0. The zero-order valence-corrected chi connectivity index (χ0v) is 14.6. The van der Waals surface area contributed by atoms with Crippen LogP contribution in [0.1, 0.15) is 58.8 Å². The lowest BCUT2D eigenvalue weighted by Crippen LogP contribution is -2.47. The Morgan fingerprint density at radius 3 is 2.60 bits per heavy atom. The molecule has 0 aromatic heterocycles. The lowest BCUT2D eigenvalue weighted by atomic mass is 9.88. The van der Waals surface area contributed by atoms with Gasteiger partial charge in [0.1, 0.15) is 0 Å². The number of hydrogen-bond acceptors (Lipinski definition) is 3. The molecule has 0 amide bonds. The van der Waals surface area contributed by atoms with Gasteiger partial charge in [0.15, 0.2) is 0 Å². The van der Waals surface area contributed by atoms with Crippen LogP contribution >= 0.6 is 11.8 Å². The highest BCUT2D eigenvalue weighted by atomic mass is 32.2. The van der Waals surface area contributed by atoms with E-state index in [1.807, 2.05) is 0 Å². The normalized spacial score (nSPS) is 31.4. The second-order valence-corrected chi connectivity index (χ2v) is 7.99. The van der Waals surface area contributed by atoms with Gasteiger partial charge < -0.3 is 10.2 Å². The van der Waals surface area contributed by atoms with E-state index >= 15 is 0 Å². The van der Waals surface area contributed by atoms with E-state index in [0.29, 0.717) is 6.04 Å². The highest BCUT2D eigenvalue weighted by Gasteiger charge is 2.27. The number of likely N-dealkylation sites (tertiary alicyclic amines) is 1. The molecule has 0 aromatic rings. The van der Waals surface area contributed by atoms with Crippen molar-refractivity contribution >= 4 is 11.8 Å². The molecule has 0 aromatic carbocycles. The van der Waals surface area contributed by atoms with Crippen molar-refractivity contribution in [2.75, 3.05) is 25.9 Å². The van der Waals surface area contributed by atoms with Gasteiger partial charge in [-0.25, -0.2) is 0 Å². The first-order valence-electron chi connectivity index (χ1n) is 8.74. The number of rotatable bonds is 6. The molecule has 3 atom stereocenters. The molecule has 1 saturated heterocycles. The van der Waals surface area contributed by atoms with E-state index in [2.05, 4.69) is 42.1 Å². The van der Waals surface area contributed by atoms with Gasteiger partial charge in [0, 0.05) is 17.3 Å². The van der Waals surface area contributed by atoms with Crippen molar-refractivity contribution in [1.29, 1.82) is 0 Å². The maximum Gasteiger partial charge on any atom is 0.00801 e. The molecule has 1 heterocycles. The molecule has 1 N–H and O–H groups in total. The van der Waals surface area contributed by atoms with Crippen LogP contribution in [0.2, 0.25) is 0 Å². The van der Waals surface area contributed by atoms with E-state index in [9.17, 15) is 0 Å². The molecule has 20 heavy (non-hydrogen) atoms. The Labute approximate surface area is 130 Å². The Hall–Kier alpha value is 0.270. The van der Waals surface area contributed by atoms with Crippen LogP contribution in [0.25, 0.3) is 0 Å². The molecule has 2 aliphatic rings. The Bertz CT molecular complexity index is 264. The molecule has 0 radical (unpaired) electrons. The third-order valence-electron chi connectivity index (χ3n) is 5.34. The molecular formula is C17H34N2S. The fourth-order valence-electron chi connectivity index (χ4n) is 4.01. The molecule has 3 unspecified atom stereocenters. The molecule has 2 fully saturated rings. The van der Waals surface area contributed by atoms with Crippen molar-refractivity contribution in [3.8, 4) is 0 Å². The van der Waals surface area contributed by atoms with Crippen LogP contribution in [-0.2, 0) is 0 Å². The summed E-state index contributed by atoms with van der Waals surface area (Å²) in [6, 6.07) is 1.49. The Kier molecular flexibility index (Phi) is 7.20. The van der Waals surface area contributed by atoms with Gasteiger partial charge in [0.25, 0.3) is 0 Å². The molecule has 1 aliphatic carbocycles. The van der Waals surface area contributed by atoms with Gasteiger partial charge in [-0.1, -0.05) is 13.3 Å². The van der Waals surface area contributed by atoms with Gasteiger partial charge in [0.2, 0.25) is 0 Å². The Balaban J connectivity index is 1.71. The van der Waals surface area contributed by atoms with Crippen LogP contribution in [0.15, 0.2) is 0 Å². The number of hydrogen-bond donors (Lipinski definition) is 1. The molecule has 0 spiro atoms. The standard InChI is InChI=1S/C17H34N2S/c1-4-10-19-11-8-15(9-12-19)14(2)18-16-6-5-7-17(13-16)20-3/h14-18H,4-13H2,1-3H3. The fourth-order valence-corrected chi connectivity index (χ4v) is 4.84. The number of nitrogens with zero attached hydrogens (tertiary/aromatic N) is 1. The summed E-state index contributed by atoms with van der Waals surface area (Å²) in [4.78, 5) is 2.65. The minimum absolute atomic E-state index is 0.712. The maximum absolute atomic E-state index is 3.97. The quantitative estimate of drug-likeness (QED) is 0.804. The van der Waals surface area contributed by atoms with Crippen molar-refractivity contribution in [2.45, 2.75) is 76.1 Å². The Morgan fingerprint density at radius 1 is 1.20 bits per heavy atom. The topological polar surface area (TPSA) is 15.3 Å². The number of piperidine rings is 1. The van der Waals surface area contributed by atoms with Gasteiger partial charge in [-0.05, 0) is 77.3 Å². The first kappa shape index (κ1) is 16.6. The maximum atomic E-state index is 3.97. The molecule has 2 nitrogen and oxygen atoms in total. The first-order chi connectivity index (χ1) is 9.72. The minimum Gasteiger partial charge on any atom is -0.311 e. The van der Waals surface area contributed by atoms with Gasteiger partial charge in [0.05, 0.1) is 0 Å². The number of nitrogens with one attached hydrogen (secondary N) is 1. The molecule has 1 saturated carbocycles. The largest absolute Gasteiger partial charge is 0.311 e. The highest BCUT2D eigenvalue weighted by Crippen LogP contribution is 2.28. The number of thioether (sulfide) groups is 1. The van der Waals surface area contributed by atoms with Crippen LogP contribution in [0, 0.1) is 5.92 Å². The summed E-state index contributed by atoms with van der Waals surface area (Å²) in [6.45, 7) is 8.67. The fraction of sp³-hybridized carbons (Fsp3) is 1.00. The second-order valence-electron chi connectivity index (χ2n) is 6.86. The van der Waals surface area contributed by atoms with E-state index in [1.54, 1.807) is 0 Å². The van der Waals surface area contributed by atoms with Gasteiger partial charge in [-0.3, -0.25) is 0 Å². The van der Waals surface area contributed by atoms with E-state index in [-0.39, 0.29) is 0 Å². The average Bonchev–Trinajstić information content (AvgIpc) is 2.48. The summed E-state index contributed by atoms with van der Waals surface area (Å²) in [7, 11) is 0. The summed E-state index contributed by atoms with van der Waals surface area (Å²) in [5.41, 5.74) is 0. The lowest BCUT2D eigenvalue weighted by molar-refractivity contribution is 0.155. The SMILES string of the molecule is CCCN1CCC(C(C)NC2CCCC(SC)C2)CC1. The van der Waals surface area contributed by atoms with Crippen molar-refractivity contribution < 1.29 is 0 Å². The molecule has 118 valence electrons. The third kappa shape index (κ3) is 4.92. The summed E-state index contributed by atoms with van der Waals surface area (Å²) in [5, 5.41) is 4.87. The lowest BCUT2D eigenvalue weighted by Gasteiger charge is -2.38. The van der Waals surface area contributed by atoms with E-state index in [1.165, 1.54) is 64.6 Å². The first-order valence-corrected chi connectivity index (χ1v) is 10.0. The van der Waals surface area contributed by atoms with Gasteiger partial charge in [-0.2, -0.15) is 11.8 Å². The van der Waals surface area contributed by atoms with Crippen molar-refractivity contribution in [2.24, 2.45) is 5.92 Å². The summed E-state index contributed by atoms with van der Waals surface area (Å²) >= 11 is 2.07. The summed E-state index contributed by atoms with van der Waals surface area (Å²) in [6.07, 6.45) is 12.0. The zero-order valence-electron chi connectivity index (χ0n) is 13.7. The van der Waals surface area contributed by atoms with E-state index < -0.39 is 0 Å². The van der Waals surface area contributed by atoms with Crippen molar-refractivity contribution in [1.82, 2.24) is 10.2 Å².